The van der Waals surface area contributed by atoms with E-state index in [-0.39, 0.29) is 23.3 Å². The Kier molecular flexibility index (Phi) is 3.56. The maximum atomic E-state index is 12.2. The van der Waals surface area contributed by atoms with Gasteiger partial charge in [0.15, 0.2) is 0 Å². The second-order valence-corrected chi connectivity index (χ2v) is 5.64. The first-order valence-corrected chi connectivity index (χ1v) is 6.71. The standard InChI is InChI=1S/C12H19N3O2S/c1-14(8-9(16)15-6-2-3-7-15)11(17)12(4-5-12)10(13)18/h2-8H2,1H3,(H2,13,18). The first kappa shape index (κ1) is 13.3. The maximum Gasteiger partial charge on any atom is 0.242 e. The molecule has 2 aliphatic rings. The zero-order chi connectivity index (χ0) is 13.3. The average Bonchev–Trinajstić information content (AvgIpc) is 2.96. The monoisotopic (exact) mass is 269 g/mol. The fourth-order valence-corrected chi connectivity index (χ4v) is 2.69. The van der Waals surface area contributed by atoms with E-state index in [0.717, 1.165) is 25.9 Å². The SMILES string of the molecule is CN(CC(=O)N1CCCC1)C(=O)C1(C(N)=S)CC1. The molecule has 1 saturated heterocycles. The lowest BCUT2D eigenvalue weighted by Gasteiger charge is -2.24. The van der Waals surface area contributed by atoms with E-state index >= 15 is 0 Å². The summed E-state index contributed by atoms with van der Waals surface area (Å²) >= 11 is 4.95. The number of thiocarbonyl (C=S) groups is 1. The Hall–Kier alpha value is -1.17. The van der Waals surface area contributed by atoms with Gasteiger partial charge in [-0.3, -0.25) is 9.59 Å². The number of hydrogen-bond donors (Lipinski definition) is 1. The van der Waals surface area contributed by atoms with E-state index in [1.165, 1.54) is 4.90 Å². The van der Waals surface area contributed by atoms with E-state index in [4.69, 9.17) is 18.0 Å². The molecular weight excluding hydrogens is 250 g/mol. The number of nitrogens with zero attached hydrogens (tertiary/aromatic N) is 2. The van der Waals surface area contributed by atoms with Crippen LogP contribution in [0.4, 0.5) is 0 Å². The van der Waals surface area contributed by atoms with Crippen LogP contribution in [-0.2, 0) is 9.59 Å². The number of hydrogen-bond acceptors (Lipinski definition) is 3. The van der Waals surface area contributed by atoms with E-state index in [2.05, 4.69) is 0 Å². The third-order valence-electron chi connectivity index (χ3n) is 3.81. The molecule has 1 aliphatic heterocycles. The van der Waals surface area contributed by atoms with Crippen molar-refractivity contribution in [3.05, 3.63) is 0 Å². The smallest absolute Gasteiger partial charge is 0.242 e. The molecule has 2 fully saturated rings. The van der Waals surface area contributed by atoms with Crippen molar-refractivity contribution in [1.82, 2.24) is 9.80 Å². The molecule has 0 aromatic rings. The number of likely N-dealkylation sites (N-methyl/N-ethyl adjacent to an activating group) is 1. The minimum Gasteiger partial charge on any atom is -0.392 e. The van der Waals surface area contributed by atoms with Gasteiger partial charge in [0.05, 0.1) is 16.9 Å². The third-order valence-corrected chi connectivity index (χ3v) is 4.20. The summed E-state index contributed by atoms with van der Waals surface area (Å²) in [7, 11) is 1.65. The van der Waals surface area contributed by atoms with Gasteiger partial charge in [-0.25, -0.2) is 0 Å². The first-order chi connectivity index (χ1) is 8.47. The van der Waals surface area contributed by atoms with Gasteiger partial charge in [-0.05, 0) is 25.7 Å². The van der Waals surface area contributed by atoms with Crippen LogP contribution in [0.15, 0.2) is 0 Å². The molecule has 1 saturated carbocycles. The molecule has 2 amide bonds. The van der Waals surface area contributed by atoms with Crippen LogP contribution in [0.5, 0.6) is 0 Å². The van der Waals surface area contributed by atoms with Crippen LogP contribution in [0.1, 0.15) is 25.7 Å². The van der Waals surface area contributed by atoms with Crippen LogP contribution in [0.25, 0.3) is 0 Å². The van der Waals surface area contributed by atoms with E-state index in [1.807, 2.05) is 4.90 Å². The van der Waals surface area contributed by atoms with Gasteiger partial charge < -0.3 is 15.5 Å². The Labute approximate surface area is 112 Å². The predicted molar refractivity (Wildman–Crippen MR) is 71.9 cm³/mol. The summed E-state index contributed by atoms with van der Waals surface area (Å²) < 4.78 is 0. The molecule has 0 aromatic carbocycles. The molecule has 0 atom stereocenters. The van der Waals surface area contributed by atoms with Crippen molar-refractivity contribution in [2.24, 2.45) is 11.1 Å². The largest absolute Gasteiger partial charge is 0.392 e. The summed E-state index contributed by atoms with van der Waals surface area (Å²) in [6, 6.07) is 0. The first-order valence-electron chi connectivity index (χ1n) is 6.30. The number of carbonyl (C=O) groups is 2. The molecule has 5 nitrogen and oxygen atoms in total. The topological polar surface area (TPSA) is 66.6 Å². The van der Waals surface area contributed by atoms with Gasteiger partial charge in [0, 0.05) is 20.1 Å². The lowest BCUT2D eigenvalue weighted by atomic mass is 10.1. The number of likely N-dealkylation sites (tertiary alicyclic amines) is 1. The number of carbonyl (C=O) groups excluding carboxylic acids is 2. The molecular formula is C12H19N3O2S. The van der Waals surface area contributed by atoms with Gasteiger partial charge in [0.25, 0.3) is 0 Å². The number of nitrogens with two attached hydrogens (primary N) is 1. The highest BCUT2D eigenvalue weighted by Crippen LogP contribution is 2.47. The predicted octanol–water partition coefficient (Wildman–Crippen LogP) is 0.134. The van der Waals surface area contributed by atoms with Gasteiger partial charge in [0.2, 0.25) is 11.8 Å². The van der Waals surface area contributed by atoms with Crippen LogP contribution in [-0.4, -0.2) is 53.3 Å². The van der Waals surface area contributed by atoms with Gasteiger partial charge in [0.1, 0.15) is 0 Å². The quantitative estimate of drug-likeness (QED) is 0.737. The molecule has 0 radical (unpaired) electrons. The van der Waals surface area contributed by atoms with E-state index < -0.39 is 5.41 Å². The van der Waals surface area contributed by atoms with Crippen molar-refractivity contribution in [2.75, 3.05) is 26.7 Å². The van der Waals surface area contributed by atoms with Crippen molar-refractivity contribution >= 4 is 29.0 Å². The normalized spacial score (nSPS) is 20.6. The highest BCUT2D eigenvalue weighted by molar-refractivity contribution is 7.80. The van der Waals surface area contributed by atoms with Gasteiger partial charge in [-0.1, -0.05) is 12.2 Å². The zero-order valence-electron chi connectivity index (χ0n) is 10.6. The van der Waals surface area contributed by atoms with Crippen LogP contribution in [0, 0.1) is 5.41 Å². The number of rotatable bonds is 4. The summed E-state index contributed by atoms with van der Waals surface area (Å²) in [6.07, 6.45) is 3.53. The van der Waals surface area contributed by atoms with Crippen molar-refractivity contribution in [3.8, 4) is 0 Å². The summed E-state index contributed by atoms with van der Waals surface area (Å²) in [5.41, 5.74) is 4.96. The second kappa shape index (κ2) is 4.84. The highest BCUT2D eigenvalue weighted by Gasteiger charge is 2.54. The Balaban J connectivity index is 1.91. The van der Waals surface area contributed by atoms with Crippen LogP contribution >= 0.6 is 12.2 Å². The Morgan fingerprint density at radius 2 is 1.89 bits per heavy atom. The Bertz CT molecular complexity index is 387. The lowest BCUT2D eigenvalue weighted by Crippen LogP contribution is -2.45. The average molecular weight is 269 g/mol. The van der Waals surface area contributed by atoms with Crippen molar-refractivity contribution in [2.45, 2.75) is 25.7 Å². The molecule has 6 heteroatoms. The molecule has 2 rings (SSSR count). The summed E-state index contributed by atoms with van der Waals surface area (Å²) in [6.45, 7) is 1.74. The lowest BCUT2D eigenvalue weighted by molar-refractivity contribution is -0.140. The zero-order valence-corrected chi connectivity index (χ0v) is 11.5. The fourth-order valence-electron chi connectivity index (χ4n) is 2.40. The fraction of sp³-hybridized carbons (Fsp3) is 0.750. The minimum absolute atomic E-state index is 0.0158. The van der Waals surface area contributed by atoms with Crippen molar-refractivity contribution in [1.29, 1.82) is 0 Å². The van der Waals surface area contributed by atoms with Gasteiger partial charge >= 0.3 is 0 Å². The molecule has 1 aliphatic carbocycles. The molecule has 18 heavy (non-hydrogen) atoms. The van der Waals surface area contributed by atoms with E-state index in [9.17, 15) is 9.59 Å². The van der Waals surface area contributed by atoms with Crippen LogP contribution in [0.3, 0.4) is 0 Å². The molecule has 100 valence electrons. The van der Waals surface area contributed by atoms with Crippen molar-refractivity contribution < 1.29 is 9.59 Å². The Morgan fingerprint density at radius 3 is 2.33 bits per heavy atom. The van der Waals surface area contributed by atoms with Crippen LogP contribution in [0.2, 0.25) is 0 Å². The molecule has 2 N–H and O–H groups in total. The molecule has 0 unspecified atom stereocenters. The van der Waals surface area contributed by atoms with Crippen molar-refractivity contribution in [3.63, 3.8) is 0 Å². The van der Waals surface area contributed by atoms with E-state index in [0.29, 0.717) is 12.8 Å². The summed E-state index contributed by atoms with van der Waals surface area (Å²) in [5.74, 6) is -0.0929. The summed E-state index contributed by atoms with van der Waals surface area (Å²) in [4.78, 5) is 27.7. The maximum absolute atomic E-state index is 12.2. The van der Waals surface area contributed by atoms with E-state index in [1.54, 1.807) is 7.05 Å². The van der Waals surface area contributed by atoms with Gasteiger partial charge in [-0.2, -0.15) is 0 Å². The molecule has 0 aromatic heterocycles. The minimum atomic E-state index is -0.657. The molecule has 0 spiro atoms. The molecule has 1 heterocycles. The van der Waals surface area contributed by atoms with Gasteiger partial charge in [-0.15, -0.1) is 0 Å². The third kappa shape index (κ3) is 2.34. The second-order valence-electron chi connectivity index (χ2n) is 5.20. The number of amides is 2. The highest BCUT2D eigenvalue weighted by atomic mass is 32.1. The van der Waals surface area contributed by atoms with Crippen LogP contribution < -0.4 is 5.73 Å². The summed E-state index contributed by atoms with van der Waals surface area (Å²) in [5, 5.41) is 0. The Morgan fingerprint density at radius 1 is 1.33 bits per heavy atom. The molecule has 0 bridgehead atoms.